The first-order valence-corrected chi connectivity index (χ1v) is 6.29. The molecule has 0 radical (unpaired) electrons. The predicted molar refractivity (Wildman–Crippen MR) is 74.8 cm³/mol. The fourth-order valence-corrected chi connectivity index (χ4v) is 2.53. The zero-order chi connectivity index (χ0) is 12.7. The molecule has 2 N–H and O–H groups in total. The van der Waals surface area contributed by atoms with Crippen LogP contribution in [-0.2, 0) is 6.42 Å². The zero-order valence-electron chi connectivity index (χ0n) is 10.7. The molecule has 0 saturated heterocycles. The van der Waals surface area contributed by atoms with Gasteiger partial charge in [-0.3, -0.25) is 0 Å². The molecular formula is C16H17NO. The van der Waals surface area contributed by atoms with Gasteiger partial charge in [0.05, 0.1) is 0 Å². The number of nitrogens with two attached hydrogens (primary N) is 1. The molecule has 2 heteroatoms. The lowest BCUT2D eigenvalue weighted by Gasteiger charge is -2.08. The van der Waals surface area contributed by atoms with E-state index >= 15 is 0 Å². The van der Waals surface area contributed by atoms with E-state index < -0.39 is 0 Å². The van der Waals surface area contributed by atoms with Gasteiger partial charge in [-0.05, 0) is 48.7 Å². The second-order valence-corrected chi connectivity index (χ2v) is 5.05. The van der Waals surface area contributed by atoms with Crippen LogP contribution in [0.25, 0.3) is 11.1 Å². The van der Waals surface area contributed by atoms with Crippen LogP contribution in [0.4, 0.5) is 5.69 Å². The first kappa shape index (κ1) is 11.1. The van der Waals surface area contributed by atoms with Crippen molar-refractivity contribution in [1.82, 2.24) is 0 Å². The summed E-state index contributed by atoms with van der Waals surface area (Å²) in [4.78, 5) is 0. The number of rotatable bonds is 1. The van der Waals surface area contributed by atoms with Crippen LogP contribution in [0.2, 0.25) is 0 Å². The molecule has 1 heterocycles. The lowest BCUT2D eigenvalue weighted by molar-refractivity contribution is 0.254. The van der Waals surface area contributed by atoms with E-state index in [2.05, 4.69) is 38.1 Å². The molecule has 18 heavy (non-hydrogen) atoms. The maximum Gasteiger partial charge on any atom is 0.123 e. The molecule has 1 aliphatic rings. The molecule has 2 nitrogen and oxygen atoms in total. The number of nitrogen functional groups attached to an aromatic ring is 1. The summed E-state index contributed by atoms with van der Waals surface area (Å²) in [5.74, 6) is 1.01. The smallest absolute Gasteiger partial charge is 0.123 e. The van der Waals surface area contributed by atoms with Crippen LogP contribution in [0.3, 0.4) is 0 Å². The van der Waals surface area contributed by atoms with E-state index in [9.17, 15) is 0 Å². The minimum absolute atomic E-state index is 0.283. The highest BCUT2D eigenvalue weighted by atomic mass is 16.5. The number of ether oxygens (including phenoxy) is 1. The predicted octanol–water partition coefficient (Wildman–Crippen LogP) is 3.57. The van der Waals surface area contributed by atoms with Gasteiger partial charge in [0.2, 0.25) is 0 Å². The lowest BCUT2D eigenvalue weighted by Crippen LogP contribution is -2.05. The SMILES string of the molecule is Cc1ccc(-c2ccc3c(c2)CC(C)O3)c(N)c1. The molecule has 3 rings (SSSR count). The van der Waals surface area contributed by atoms with Gasteiger partial charge in [0.25, 0.3) is 0 Å². The van der Waals surface area contributed by atoms with E-state index in [-0.39, 0.29) is 6.10 Å². The summed E-state index contributed by atoms with van der Waals surface area (Å²) >= 11 is 0. The van der Waals surface area contributed by atoms with Crippen LogP contribution in [0.1, 0.15) is 18.1 Å². The summed E-state index contributed by atoms with van der Waals surface area (Å²) in [6, 6.07) is 12.5. The maximum absolute atomic E-state index is 6.09. The summed E-state index contributed by atoms with van der Waals surface area (Å²) in [6.45, 7) is 4.15. The Morgan fingerprint density at radius 3 is 2.78 bits per heavy atom. The summed E-state index contributed by atoms with van der Waals surface area (Å²) < 4.78 is 5.72. The van der Waals surface area contributed by atoms with E-state index in [1.807, 2.05) is 12.1 Å². The van der Waals surface area contributed by atoms with E-state index in [4.69, 9.17) is 10.5 Å². The molecule has 1 unspecified atom stereocenters. The fourth-order valence-electron chi connectivity index (χ4n) is 2.53. The Labute approximate surface area is 107 Å². The van der Waals surface area contributed by atoms with Crippen molar-refractivity contribution in [3.63, 3.8) is 0 Å². The molecule has 2 aromatic carbocycles. The third kappa shape index (κ3) is 1.84. The second-order valence-electron chi connectivity index (χ2n) is 5.05. The molecule has 0 bridgehead atoms. The summed E-state index contributed by atoms with van der Waals surface area (Å²) in [5.41, 5.74) is 11.7. The van der Waals surface area contributed by atoms with Gasteiger partial charge in [-0.1, -0.05) is 18.2 Å². The Bertz CT molecular complexity index is 604. The Morgan fingerprint density at radius 2 is 2.00 bits per heavy atom. The third-order valence-electron chi connectivity index (χ3n) is 3.41. The summed E-state index contributed by atoms with van der Waals surface area (Å²) in [7, 11) is 0. The normalized spacial score (nSPS) is 17.3. The van der Waals surface area contributed by atoms with E-state index in [0.29, 0.717) is 0 Å². The largest absolute Gasteiger partial charge is 0.490 e. The van der Waals surface area contributed by atoms with Crippen LogP contribution >= 0.6 is 0 Å². The van der Waals surface area contributed by atoms with Crippen molar-refractivity contribution >= 4 is 5.69 Å². The minimum Gasteiger partial charge on any atom is -0.490 e. The summed E-state index contributed by atoms with van der Waals surface area (Å²) in [6.07, 6.45) is 1.26. The molecule has 0 fully saturated rings. The zero-order valence-corrected chi connectivity index (χ0v) is 10.7. The average Bonchev–Trinajstić information content (AvgIpc) is 2.68. The Kier molecular flexibility index (Phi) is 2.51. The van der Waals surface area contributed by atoms with Crippen molar-refractivity contribution in [2.45, 2.75) is 26.4 Å². The fraction of sp³-hybridized carbons (Fsp3) is 0.250. The van der Waals surface area contributed by atoms with Crippen LogP contribution in [0.15, 0.2) is 36.4 Å². The topological polar surface area (TPSA) is 35.2 Å². The number of hydrogen-bond acceptors (Lipinski definition) is 2. The third-order valence-corrected chi connectivity index (χ3v) is 3.41. The number of hydrogen-bond donors (Lipinski definition) is 1. The average molecular weight is 239 g/mol. The lowest BCUT2D eigenvalue weighted by atomic mass is 9.99. The second kappa shape index (κ2) is 4.05. The van der Waals surface area contributed by atoms with Crippen molar-refractivity contribution in [2.24, 2.45) is 0 Å². The van der Waals surface area contributed by atoms with E-state index in [1.165, 1.54) is 16.7 Å². The molecule has 0 aromatic heterocycles. The van der Waals surface area contributed by atoms with Gasteiger partial charge in [-0.2, -0.15) is 0 Å². The van der Waals surface area contributed by atoms with Crippen LogP contribution in [-0.4, -0.2) is 6.10 Å². The van der Waals surface area contributed by atoms with Crippen LogP contribution in [0, 0.1) is 6.92 Å². The van der Waals surface area contributed by atoms with Crippen LogP contribution in [0.5, 0.6) is 5.75 Å². The molecule has 1 aliphatic heterocycles. The summed E-state index contributed by atoms with van der Waals surface area (Å²) in [5, 5.41) is 0. The monoisotopic (exact) mass is 239 g/mol. The van der Waals surface area contributed by atoms with Gasteiger partial charge in [0, 0.05) is 17.7 Å². The molecule has 92 valence electrons. The molecular weight excluding hydrogens is 222 g/mol. The van der Waals surface area contributed by atoms with Gasteiger partial charge in [0.15, 0.2) is 0 Å². The highest BCUT2D eigenvalue weighted by molar-refractivity contribution is 5.77. The minimum atomic E-state index is 0.283. The Balaban J connectivity index is 2.05. The first-order valence-electron chi connectivity index (χ1n) is 6.29. The molecule has 1 atom stereocenters. The van der Waals surface area contributed by atoms with Gasteiger partial charge in [0.1, 0.15) is 11.9 Å². The molecule has 0 aliphatic carbocycles. The maximum atomic E-state index is 6.09. The number of fused-ring (bicyclic) bond motifs is 1. The highest BCUT2D eigenvalue weighted by Gasteiger charge is 2.19. The number of benzene rings is 2. The Hall–Kier alpha value is -1.96. The standard InChI is InChI=1S/C16H17NO/c1-10-3-5-14(15(17)7-10)12-4-6-16-13(9-12)8-11(2)18-16/h3-7,9,11H,8,17H2,1-2H3. The Morgan fingerprint density at radius 1 is 1.17 bits per heavy atom. The van der Waals surface area contributed by atoms with Crippen molar-refractivity contribution in [1.29, 1.82) is 0 Å². The van der Waals surface area contributed by atoms with Crippen molar-refractivity contribution in [3.05, 3.63) is 47.5 Å². The first-order chi connectivity index (χ1) is 8.63. The van der Waals surface area contributed by atoms with Gasteiger partial charge in [-0.15, -0.1) is 0 Å². The molecule has 0 saturated carbocycles. The number of aryl methyl sites for hydroxylation is 1. The quantitative estimate of drug-likeness (QED) is 0.772. The van der Waals surface area contributed by atoms with Gasteiger partial charge >= 0.3 is 0 Å². The van der Waals surface area contributed by atoms with Crippen LogP contribution < -0.4 is 10.5 Å². The van der Waals surface area contributed by atoms with Gasteiger partial charge in [-0.25, -0.2) is 0 Å². The van der Waals surface area contributed by atoms with E-state index in [1.54, 1.807) is 0 Å². The molecule has 0 spiro atoms. The van der Waals surface area contributed by atoms with Crippen molar-refractivity contribution < 1.29 is 4.74 Å². The van der Waals surface area contributed by atoms with Crippen molar-refractivity contribution in [2.75, 3.05) is 5.73 Å². The number of anilines is 1. The molecule has 2 aromatic rings. The van der Waals surface area contributed by atoms with Gasteiger partial charge < -0.3 is 10.5 Å². The molecule has 0 amide bonds. The van der Waals surface area contributed by atoms with Crippen molar-refractivity contribution in [3.8, 4) is 16.9 Å². The van der Waals surface area contributed by atoms with E-state index in [0.717, 1.165) is 23.4 Å². The highest BCUT2D eigenvalue weighted by Crippen LogP contribution is 2.34.